The highest BCUT2D eigenvalue weighted by Gasteiger charge is 2.24. The number of hydrogen-bond acceptors (Lipinski definition) is 4. The minimum atomic E-state index is -0.0840. The average Bonchev–Trinajstić information content (AvgIpc) is 3.09. The van der Waals surface area contributed by atoms with Gasteiger partial charge in [-0.2, -0.15) is 0 Å². The first kappa shape index (κ1) is 16.7. The molecule has 0 bridgehead atoms. The summed E-state index contributed by atoms with van der Waals surface area (Å²) >= 11 is 1.77. The number of anilines is 1. The van der Waals surface area contributed by atoms with E-state index in [9.17, 15) is 4.79 Å². The minimum absolute atomic E-state index is 0.0840. The summed E-state index contributed by atoms with van der Waals surface area (Å²) < 4.78 is 5.67. The Morgan fingerprint density at radius 1 is 1.15 bits per heavy atom. The summed E-state index contributed by atoms with van der Waals surface area (Å²) in [6.45, 7) is 1.51. The molecule has 1 amide bonds. The third-order valence-corrected chi connectivity index (χ3v) is 5.43. The van der Waals surface area contributed by atoms with Gasteiger partial charge in [-0.3, -0.25) is 9.79 Å². The average molecular weight is 362 g/mol. The Hall–Kier alpha value is -2.79. The molecule has 0 spiro atoms. The molecule has 0 saturated heterocycles. The molecule has 1 aliphatic heterocycles. The van der Waals surface area contributed by atoms with E-state index in [4.69, 9.17) is 9.41 Å². The van der Waals surface area contributed by atoms with Crippen molar-refractivity contribution in [1.29, 1.82) is 0 Å². The Labute approximate surface area is 156 Å². The molecule has 4 nitrogen and oxygen atoms in total. The molecule has 1 aromatic heterocycles. The van der Waals surface area contributed by atoms with Gasteiger partial charge >= 0.3 is 0 Å². The predicted octanol–water partition coefficient (Wildman–Crippen LogP) is 5.60. The van der Waals surface area contributed by atoms with Crippen LogP contribution in [0.5, 0.6) is 0 Å². The minimum Gasteiger partial charge on any atom is -0.468 e. The third-order valence-electron chi connectivity index (χ3n) is 4.15. The van der Waals surface area contributed by atoms with Gasteiger partial charge in [0.25, 0.3) is 0 Å². The van der Waals surface area contributed by atoms with E-state index >= 15 is 0 Å². The molecule has 26 heavy (non-hydrogen) atoms. The molecular formula is C21H18N2O2S. The second-order valence-electron chi connectivity index (χ2n) is 6.11. The molecule has 0 aliphatic carbocycles. The van der Waals surface area contributed by atoms with Crippen molar-refractivity contribution >= 4 is 34.8 Å². The number of carbonyl (C=O) groups is 1. The van der Waals surface area contributed by atoms with E-state index in [2.05, 4.69) is 11.4 Å². The molecule has 5 heteroatoms. The zero-order valence-corrected chi connectivity index (χ0v) is 15.1. The number of furan rings is 1. The molecule has 0 saturated carbocycles. The second-order valence-corrected chi connectivity index (χ2v) is 7.36. The number of nitrogens with zero attached hydrogens (tertiary/aromatic N) is 1. The van der Waals surface area contributed by atoms with Gasteiger partial charge in [-0.05, 0) is 42.0 Å². The molecule has 0 fully saturated rings. The highest BCUT2D eigenvalue weighted by Crippen LogP contribution is 2.45. The first-order valence-corrected chi connectivity index (χ1v) is 9.32. The number of amides is 1. The van der Waals surface area contributed by atoms with Gasteiger partial charge in [0.05, 0.1) is 17.2 Å². The van der Waals surface area contributed by atoms with Crippen LogP contribution in [0.15, 0.2) is 81.2 Å². The van der Waals surface area contributed by atoms with Gasteiger partial charge in [0.1, 0.15) is 5.76 Å². The molecular weight excluding hydrogens is 344 g/mol. The van der Waals surface area contributed by atoms with E-state index in [1.165, 1.54) is 6.92 Å². The maximum Gasteiger partial charge on any atom is 0.221 e. The number of carbonyl (C=O) groups excluding carboxylic acids is 1. The third kappa shape index (κ3) is 3.58. The molecule has 2 heterocycles. The van der Waals surface area contributed by atoms with E-state index in [1.807, 2.05) is 54.6 Å². The fourth-order valence-electron chi connectivity index (χ4n) is 3.01. The van der Waals surface area contributed by atoms with E-state index in [0.717, 1.165) is 39.7 Å². The van der Waals surface area contributed by atoms with E-state index < -0.39 is 0 Å². The number of nitrogens with one attached hydrogen (secondary N) is 1. The fourth-order valence-corrected chi connectivity index (χ4v) is 4.20. The van der Waals surface area contributed by atoms with Crippen molar-refractivity contribution in [3.63, 3.8) is 0 Å². The largest absolute Gasteiger partial charge is 0.468 e. The van der Waals surface area contributed by atoms with Gasteiger partial charge in [-0.15, -0.1) is 11.8 Å². The molecule has 4 rings (SSSR count). The van der Waals surface area contributed by atoms with Gasteiger partial charge < -0.3 is 9.73 Å². The quantitative estimate of drug-likeness (QED) is 0.660. The molecule has 0 radical (unpaired) electrons. The Kier molecular flexibility index (Phi) is 4.63. The molecule has 2 aromatic carbocycles. The van der Waals surface area contributed by atoms with Crippen LogP contribution in [0, 0.1) is 0 Å². The van der Waals surface area contributed by atoms with Crippen LogP contribution in [-0.4, -0.2) is 11.6 Å². The van der Waals surface area contributed by atoms with Crippen molar-refractivity contribution in [3.8, 4) is 0 Å². The topological polar surface area (TPSA) is 54.6 Å². The van der Waals surface area contributed by atoms with Gasteiger partial charge in [0.15, 0.2) is 0 Å². The smallest absolute Gasteiger partial charge is 0.221 e. The summed E-state index contributed by atoms with van der Waals surface area (Å²) in [6.07, 6.45) is 2.46. The number of hydrogen-bond donors (Lipinski definition) is 1. The summed E-state index contributed by atoms with van der Waals surface area (Å²) in [5, 5.41) is 2.99. The van der Waals surface area contributed by atoms with Crippen LogP contribution in [-0.2, 0) is 4.79 Å². The van der Waals surface area contributed by atoms with E-state index in [0.29, 0.717) is 0 Å². The molecule has 1 aliphatic rings. The molecule has 1 N–H and O–H groups in total. The highest BCUT2D eigenvalue weighted by atomic mass is 32.2. The lowest BCUT2D eigenvalue weighted by Crippen LogP contribution is -2.08. The fraction of sp³-hybridized carbons (Fsp3) is 0.143. The molecule has 1 atom stereocenters. The zero-order valence-electron chi connectivity index (χ0n) is 14.3. The van der Waals surface area contributed by atoms with Crippen molar-refractivity contribution in [2.24, 2.45) is 4.99 Å². The summed E-state index contributed by atoms with van der Waals surface area (Å²) in [6, 6.07) is 19.9. The summed E-state index contributed by atoms with van der Waals surface area (Å²) in [5.41, 5.74) is 3.73. The number of para-hydroxylation sites is 1. The number of thioether (sulfide) groups is 1. The lowest BCUT2D eigenvalue weighted by atomic mass is 10.0. The SMILES string of the molecule is CC(=O)Nc1cccc(C2=Nc3ccccc3SC(c3ccco3)C2)c1. The molecule has 1 unspecified atom stereocenters. The summed E-state index contributed by atoms with van der Waals surface area (Å²) in [4.78, 5) is 17.4. The first-order chi connectivity index (χ1) is 12.7. The van der Waals surface area contributed by atoms with Crippen molar-refractivity contribution < 1.29 is 9.21 Å². The first-order valence-electron chi connectivity index (χ1n) is 8.44. The van der Waals surface area contributed by atoms with E-state index in [-0.39, 0.29) is 11.2 Å². The normalized spacial score (nSPS) is 16.3. The standard InChI is InChI=1S/C21H18N2O2S/c1-14(24)22-16-7-4-6-15(12-16)18-13-21(19-9-5-11-25-19)26-20-10-3-2-8-17(20)23-18/h2-12,21H,13H2,1H3,(H,22,24). The van der Waals surface area contributed by atoms with Gasteiger partial charge in [0, 0.05) is 29.6 Å². The lowest BCUT2D eigenvalue weighted by Gasteiger charge is -2.13. The van der Waals surface area contributed by atoms with Crippen molar-refractivity contribution in [1.82, 2.24) is 0 Å². The van der Waals surface area contributed by atoms with Crippen LogP contribution in [0.3, 0.4) is 0 Å². The Morgan fingerprint density at radius 2 is 2.04 bits per heavy atom. The highest BCUT2D eigenvalue weighted by molar-refractivity contribution is 7.99. The van der Waals surface area contributed by atoms with Crippen molar-refractivity contribution in [2.45, 2.75) is 23.5 Å². The Morgan fingerprint density at radius 3 is 2.85 bits per heavy atom. The van der Waals surface area contributed by atoms with Crippen molar-refractivity contribution in [3.05, 3.63) is 78.3 Å². The van der Waals surface area contributed by atoms with Crippen LogP contribution in [0.1, 0.15) is 29.9 Å². The van der Waals surface area contributed by atoms with Crippen LogP contribution >= 0.6 is 11.8 Å². The van der Waals surface area contributed by atoms with Gasteiger partial charge in [-0.25, -0.2) is 0 Å². The van der Waals surface area contributed by atoms with Crippen LogP contribution in [0.25, 0.3) is 0 Å². The summed E-state index contributed by atoms with van der Waals surface area (Å²) in [5.74, 6) is 0.858. The number of rotatable bonds is 3. The second kappa shape index (κ2) is 7.22. The van der Waals surface area contributed by atoms with Gasteiger partial charge in [-0.1, -0.05) is 24.3 Å². The van der Waals surface area contributed by atoms with Gasteiger partial charge in [0.2, 0.25) is 5.91 Å². The molecule has 130 valence electrons. The maximum absolute atomic E-state index is 11.4. The number of aliphatic imine (C=N–C) groups is 1. The Bertz CT molecular complexity index is 964. The van der Waals surface area contributed by atoms with Crippen molar-refractivity contribution in [2.75, 3.05) is 5.32 Å². The van der Waals surface area contributed by atoms with E-state index in [1.54, 1.807) is 18.0 Å². The zero-order chi connectivity index (χ0) is 17.9. The predicted molar refractivity (Wildman–Crippen MR) is 105 cm³/mol. The maximum atomic E-state index is 11.4. The summed E-state index contributed by atoms with van der Waals surface area (Å²) in [7, 11) is 0. The monoisotopic (exact) mass is 362 g/mol. The van der Waals surface area contributed by atoms with Crippen LogP contribution in [0.2, 0.25) is 0 Å². The number of benzene rings is 2. The lowest BCUT2D eigenvalue weighted by molar-refractivity contribution is -0.114. The number of fused-ring (bicyclic) bond motifs is 1. The van der Waals surface area contributed by atoms with Crippen LogP contribution < -0.4 is 5.32 Å². The Balaban J connectivity index is 1.76. The molecule has 3 aromatic rings. The van der Waals surface area contributed by atoms with Crippen LogP contribution in [0.4, 0.5) is 11.4 Å².